The molecule has 2 aromatic rings. The number of nitrogen functional groups attached to an aromatic ring is 1. The van der Waals surface area contributed by atoms with Crippen LogP contribution in [0.15, 0.2) is 47.4 Å². The zero-order chi connectivity index (χ0) is 14.0. The summed E-state index contributed by atoms with van der Waals surface area (Å²) < 4.78 is 37.5. The van der Waals surface area contributed by atoms with Crippen LogP contribution in [0.2, 0.25) is 5.02 Å². The van der Waals surface area contributed by atoms with E-state index in [-0.39, 0.29) is 16.3 Å². The number of sulfone groups is 1. The highest BCUT2D eigenvalue weighted by atomic mass is 35.5. The zero-order valence-electron chi connectivity index (χ0n) is 9.81. The highest BCUT2D eigenvalue weighted by molar-refractivity contribution is 7.90. The molecule has 0 unspecified atom stereocenters. The fourth-order valence-corrected chi connectivity index (χ4v) is 3.34. The fourth-order valence-electron chi connectivity index (χ4n) is 1.72. The molecule has 100 valence electrons. The van der Waals surface area contributed by atoms with E-state index in [1.807, 2.05) is 0 Å². The van der Waals surface area contributed by atoms with Crippen molar-refractivity contribution in [2.45, 2.75) is 10.6 Å². The van der Waals surface area contributed by atoms with Crippen molar-refractivity contribution in [2.24, 2.45) is 0 Å². The van der Waals surface area contributed by atoms with Gasteiger partial charge in [-0.1, -0.05) is 17.7 Å². The predicted molar refractivity (Wildman–Crippen MR) is 73.2 cm³/mol. The summed E-state index contributed by atoms with van der Waals surface area (Å²) in [7, 11) is -3.58. The van der Waals surface area contributed by atoms with Crippen LogP contribution in [0.3, 0.4) is 0 Å². The molecule has 0 aliphatic rings. The molecule has 6 heteroatoms. The lowest BCUT2D eigenvalue weighted by molar-refractivity contribution is 0.594. The first-order valence-corrected chi connectivity index (χ1v) is 7.43. The highest BCUT2D eigenvalue weighted by Crippen LogP contribution is 2.21. The summed E-state index contributed by atoms with van der Waals surface area (Å²) in [6, 6.07) is 9.67. The summed E-state index contributed by atoms with van der Waals surface area (Å²) in [6.07, 6.45) is 0. The molecule has 0 heterocycles. The van der Waals surface area contributed by atoms with Gasteiger partial charge in [0.05, 0.1) is 10.6 Å². The minimum absolute atomic E-state index is 0.0998. The third-order valence-electron chi connectivity index (χ3n) is 2.49. The molecule has 0 atom stereocenters. The van der Waals surface area contributed by atoms with Gasteiger partial charge in [0.2, 0.25) is 0 Å². The standard InChI is InChI=1S/C13H11ClFNO2S/c14-10-2-1-3-13(6-10)19(17,18)8-9-4-11(15)7-12(16)5-9/h1-7H,8,16H2. The molecule has 3 nitrogen and oxygen atoms in total. The number of nitrogens with two attached hydrogens (primary N) is 1. The summed E-state index contributed by atoms with van der Waals surface area (Å²) in [4.78, 5) is 0.0998. The van der Waals surface area contributed by atoms with Crippen molar-refractivity contribution in [3.05, 3.63) is 58.9 Å². The Kier molecular flexibility index (Phi) is 3.78. The van der Waals surface area contributed by atoms with E-state index >= 15 is 0 Å². The molecule has 0 aromatic heterocycles. The predicted octanol–water partition coefficient (Wildman–Crippen LogP) is 3.04. The van der Waals surface area contributed by atoms with Gasteiger partial charge in [-0.15, -0.1) is 0 Å². The topological polar surface area (TPSA) is 60.2 Å². The van der Waals surface area contributed by atoms with Crippen LogP contribution in [0.4, 0.5) is 10.1 Å². The van der Waals surface area contributed by atoms with Crippen LogP contribution in [0.1, 0.15) is 5.56 Å². The SMILES string of the molecule is Nc1cc(F)cc(CS(=O)(=O)c2cccc(Cl)c2)c1. The van der Waals surface area contributed by atoms with Crippen molar-refractivity contribution in [2.75, 3.05) is 5.73 Å². The minimum Gasteiger partial charge on any atom is -0.399 e. The number of hydrogen-bond acceptors (Lipinski definition) is 3. The monoisotopic (exact) mass is 299 g/mol. The van der Waals surface area contributed by atoms with Gasteiger partial charge in [-0.05, 0) is 42.0 Å². The van der Waals surface area contributed by atoms with Crippen molar-refractivity contribution in [1.82, 2.24) is 0 Å². The van der Waals surface area contributed by atoms with E-state index in [4.69, 9.17) is 17.3 Å². The van der Waals surface area contributed by atoms with Crippen LogP contribution in [0, 0.1) is 5.82 Å². The molecule has 2 rings (SSSR count). The maximum Gasteiger partial charge on any atom is 0.182 e. The van der Waals surface area contributed by atoms with Gasteiger partial charge in [0.15, 0.2) is 9.84 Å². The van der Waals surface area contributed by atoms with Crippen molar-refractivity contribution in [1.29, 1.82) is 0 Å². The van der Waals surface area contributed by atoms with Crippen molar-refractivity contribution in [3.8, 4) is 0 Å². The molecule has 2 aromatic carbocycles. The van der Waals surface area contributed by atoms with E-state index in [0.717, 1.165) is 12.1 Å². The molecule has 0 saturated carbocycles. The van der Waals surface area contributed by atoms with E-state index in [1.165, 1.54) is 18.2 Å². The Hall–Kier alpha value is -1.59. The van der Waals surface area contributed by atoms with Crippen LogP contribution in [-0.2, 0) is 15.6 Å². The van der Waals surface area contributed by atoms with E-state index in [0.29, 0.717) is 10.6 Å². The van der Waals surface area contributed by atoms with Crippen molar-refractivity contribution < 1.29 is 12.8 Å². The number of rotatable bonds is 3. The summed E-state index contributed by atoms with van der Waals surface area (Å²) in [5.41, 5.74) is 5.98. The number of benzene rings is 2. The summed E-state index contributed by atoms with van der Waals surface area (Å²) in [5.74, 6) is -0.883. The van der Waals surface area contributed by atoms with Gasteiger partial charge >= 0.3 is 0 Å². The van der Waals surface area contributed by atoms with Crippen LogP contribution in [-0.4, -0.2) is 8.42 Å². The lowest BCUT2D eigenvalue weighted by Gasteiger charge is -2.06. The van der Waals surface area contributed by atoms with Crippen LogP contribution >= 0.6 is 11.6 Å². The molecule has 0 fully saturated rings. The average Bonchev–Trinajstić information content (AvgIpc) is 2.26. The summed E-state index contributed by atoms with van der Waals surface area (Å²) in [5, 5.41) is 0.333. The average molecular weight is 300 g/mol. The quantitative estimate of drug-likeness (QED) is 0.886. The smallest absolute Gasteiger partial charge is 0.182 e. The molecule has 19 heavy (non-hydrogen) atoms. The van der Waals surface area contributed by atoms with Gasteiger partial charge in [-0.2, -0.15) is 0 Å². The lowest BCUT2D eigenvalue weighted by atomic mass is 10.2. The van der Waals surface area contributed by atoms with Crippen LogP contribution < -0.4 is 5.73 Å². The van der Waals surface area contributed by atoms with Gasteiger partial charge in [-0.25, -0.2) is 12.8 Å². The molecule has 0 bridgehead atoms. The molecule has 2 N–H and O–H groups in total. The maximum absolute atomic E-state index is 13.2. The Morgan fingerprint density at radius 3 is 2.53 bits per heavy atom. The van der Waals surface area contributed by atoms with Crippen molar-refractivity contribution in [3.63, 3.8) is 0 Å². The number of anilines is 1. The first-order chi connectivity index (χ1) is 8.87. The molecule has 0 spiro atoms. The normalized spacial score (nSPS) is 11.5. The first kappa shape index (κ1) is 13.8. The zero-order valence-corrected chi connectivity index (χ0v) is 11.4. The summed E-state index contributed by atoms with van der Waals surface area (Å²) in [6.45, 7) is 0. The fraction of sp³-hybridized carbons (Fsp3) is 0.0769. The third kappa shape index (κ3) is 3.45. The molecule has 0 aliphatic carbocycles. The number of hydrogen-bond donors (Lipinski definition) is 1. The molecule has 0 amide bonds. The Balaban J connectivity index is 2.36. The molecule has 0 saturated heterocycles. The van der Waals surface area contributed by atoms with E-state index in [2.05, 4.69) is 0 Å². The molecular formula is C13H11ClFNO2S. The number of halogens is 2. The largest absolute Gasteiger partial charge is 0.399 e. The van der Waals surface area contributed by atoms with E-state index in [1.54, 1.807) is 12.1 Å². The lowest BCUT2D eigenvalue weighted by Crippen LogP contribution is -2.05. The minimum atomic E-state index is -3.58. The van der Waals surface area contributed by atoms with E-state index in [9.17, 15) is 12.8 Å². The summed E-state index contributed by atoms with van der Waals surface area (Å²) >= 11 is 5.76. The van der Waals surface area contributed by atoms with Gasteiger partial charge in [-0.3, -0.25) is 0 Å². The second kappa shape index (κ2) is 5.19. The Labute approximate surface area is 115 Å². The molecular weight excluding hydrogens is 289 g/mol. The van der Waals surface area contributed by atoms with E-state index < -0.39 is 15.7 Å². The highest BCUT2D eigenvalue weighted by Gasteiger charge is 2.16. The van der Waals surface area contributed by atoms with Crippen LogP contribution in [0.25, 0.3) is 0 Å². The van der Waals surface area contributed by atoms with Gasteiger partial charge < -0.3 is 5.73 Å². The Morgan fingerprint density at radius 2 is 1.89 bits per heavy atom. The molecule has 0 radical (unpaired) electrons. The first-order valence-electron chi connectivity index (χ1n) is 5.40. The van der Waals surface area contributed by atoms with Gasteiger partial charge in [0.25, 0.3) is 0 Å². The van der Waals surface area contributed by atoms with Crippen molar-refractivity contribution >= 4 is 27.1 Å². The maximum atomic E-state index is 13.2. The Morgan fingerprint density at radius 1 is 1.16 bits per heavy atom. The third-order valence-corrected chi connectivity index (χ3v) is 4.41. The second-order valence-electron chi connectivity index (χ2n) is 4.11. The Bertz CT molecular complexity index is 696. The second-order valence-corrected chi connectivity index (χ2v) is 6.54. The van der Waals surface area contributed by atoms with Gasteiger partial charge in [0, 0.05) is 10.7 Å². The van der Waals surface area contributed by atoms with Crippen LogP contribution in [0.5, 0.6) is 0 Å². The molecule has 0 aliphatic heterocycles. The van der Waals surface area contributed by atoms with Gasteiger partial charge in [0.1, 0.15) is 5.82 Å².